The van der Waals surface area contributed by atoms with Gasteiger partial charge >= 0.3 is 0 Å². The lowest BCUT2D eigenvalue weighted by Crippen LogP contribution is -1.87. The summed E-state index contributed by atoms with van der Waals surface area (Å²) < 4.78 is 5.63. The number of oxazole rings is 1. The number of anilines is 2. The van der Waals surface area contributed by atoms with Crippen molar-refractivity contribution in [2.45, 2.75) is 0 Å². The molecule has 0 saturated carbocycles. The van der Waals surface area contributed by atoms with Crippen LogP contribution in [0, 0.1) is 0 Å². The van der Waals surface area contributed by atoms with Crippen LogP contribution in [0.1, 0.15) is 0 Å². The predicted octanol–water partition coefficient (Wildman–Crippen LogP) is 2.88. The first-order valence-electron chi connectivity index (χ1n) is 5.43. The molecule has 3 rings (SSSR count). The third-order valence-electron chi connectivity index (χ3n) is 2.67. The van der Waals surface area contributed by atoms with E-state index in [2.05, 4.69) is 10.5 Å². The highest BCUT2D eigenvalue weighted by Crippen LogP contribution is 2.26. The fourth-order valence-corrected chi connectivity index (χ4v) is 1.76. The van der Waals surface area contributed by atoms with Crippen molar-refractivity contribution in [3.05, 3.63) is 42.5 Å². The Balaban J connectivity index is 2.07. The van der Waals surface area contributed by atoms with E-state index in [1.165, 1.54) is 0 Å². The molecule has 90 valence electrons. The number of rotatable bonds is 2. The first-order chi connectivity index (χ1) is 8.76. The second kappa shape index (κ2) is 4.05. The van der Waals surface area contributed by atoms with Crippen LogP contribution < -0.4 is 11.2 Å². The first-order valence-corrected chi connectivity index (χ1v) is 5.43. The van der Waals surface area contributed by atoms with Crippen LogP contribution in [0.15, 0.2) is 46.9 Å². The van der Waals surface area contributed by atoms with Crippen molar-refractivity contribution in [3.8, 4) is 11.5 Å². The molecule has 0 radical (unpaired) electrons. The van der Waals surface area contributed by atoms with E-state index >= 15 is 0 Å². The van der Waals surface area contributed by atoms with Crippen LogP contribution in [0.4, 0.5) is 11.4 Å². The number of hydrogen-bond donors (Lipinski definition) is 3. The quantitative estimate of drug-likeness (QED) is 0.474. The van der Waals surface area contributed by atoms with Gasteiger partial charge in [0.05, 0.1) is 5.69 Å². The SMILES string of the molecule is Nc1ccc2oc(-c3ccc(NO)cc3)nc2c1. The summed E-state index contributed by atoms with van der Waals surface area (Å²) in [5.74, 6) is 0.528. The van der Waals surface area contributed by atoms with Gasteiger partial charge in [-0.15, -0.1) is 0 Å². The maximum Gasteiger partial charge on any atom is 0.227 e. The molecule has 1 heterocycles. The van der Waals surface area contributed by atoms with E-state index < -0.39 is 0 Å². The Morgan fingerprint density at radius 1 is 1.11 bits per heavy atom. The van der Waals surface area contributed by atoms with Crippen LogP contribution in [-0.4, -0.2) is 10.2 Å². The minimum absolute atomic E-state index is 0.528. The fraction of sp³-hybridized carbons (Fsp3) is 0. The highest BCUT2D eigenvalue weighted by Gasteiger charge is 2.08. The Kier molecular flexibility index (Phi) is 2.39. The Labute approximate surface area is 103 Å². The summed E-state index contributed by atoms with van der Waals surface area (Å²) in [6.07, 6.45) is 0. The molecule has 0 aliphatic rings. The third kappa shape index (κ3) is 1.76. The van der Waals surface area contributed by atoms with Crippen LogP contribution in [0.5, 0.6) is 0 Å². The van der Waals surface area contributed by atoms with Gasteiger partial charge in [0, 0.05) is 11.3 Å². The lowest BCUT2D eigenvalue weighted by atomic mass is 10.2. The average molecular weight is 241 g/mol. The van der Waals surface area contributed by atoms with Crippen molar-refractivity contribution in [3.63, 3.8) is 0 Å². The standard InChI is InChI=1S/C13H11N3O2/c14-9-3-6-12-11(7-9)15-13(18-12)8-1-4-10(16-17)5-2-8/h1-7,16-17H,14H2. The zero-order valence-corrected chi connectivity index (χ0v) is 9.42. The van der Waals surface area contributed by atoms with Crippen molar-refractivity contribution in [1.29, 1.82) is 0 Å². The summed E-state index contributed by atoms with van der Waals surface area (Å²) in [7, 11) is 0. The van der Waals surface area contributed by atoms with E-state index in [1.54, 1.807) is 30.3 Å². The highest BCUT2D eigenvalue weighted by molar-refractivity contribution is 5.79. The molecule has 2 aromatic carbocycles. The van der Waals surface area contributed by atoms with Gasteiger partial charge in [-0.25, -0.2) is 4.98 Å². The van der Waals surface area contributed by atoms with Crippen LogP contribution in [0.3, 0.4) is 0 Å². The van der Waals surface area contributed by atoms with E-state index in [4.69, 9.17) is 15.4 Å². The minimum atomic E-state index is 0.528. The summed E-state index contributed by atoms with van der Waals surface area (Å²) in [5.41, 5.74) is 11.3. The average Bonchev–Trinajstić information content (AvgIpc) is 2.81. The molecule has 0 aliphatic heterocycles. The molecular formula is C13H11N3O2. The molecule has 0 unspecified atom stereocenters. The number of nitrogens with two attached hydrogens (primary N) is 1. The fourth-order valence-electron chi connectivity index (χ4n) is 1.76. The lowest BCUT2D eigenvalue weighted by Gasteiger charge is -1.98. The summed E-state index contributed by atoms with van der Waals surface area (Å²) in [5, 5.41) is 8.74. The molecule has 4 N–H and O–H groups in total. The van der Waals surface area contributed by atoms with E-state index in [0.717, 1.165) is 11.1 Å². The highest BCUT2D eigenvalue weighted by atomic mass is 16.5. The number of aromatic nitrogens is 1. The molecule has 0 aliphatic carbocycles. The second-order valence-corrected chi connectivity index (χ2v) is 3.94. The van der Waals surface area contributed by atoms with Gasteiger partial charge < -0.3 is 10.2 Å². The number of fused-ring (bicyclic) bond motifs is 1. The zero-order valence-electron chi connectivity index (χ0n) is 9.42. The van der Waals surface area contributed by atoms with Crippen LogP contribution in [-0.2, 0) is 0 Å². The molecule has 0 fully saturated rings. The minimum Gasteiger partial charge on any atom is -0.436 e. The van der Waals surface area contributed by atoms with E-state index in [-0.39, 0.29) is 0 Å². The Hall–Kier alpha value is -2.53. The second-order valence-electron chi connectivity index (χ2n) is 3.94. The van der Waals surface area contributed by atoms with Gasteiger partial charge in [0.15, 0.2) is 5.58 Å². The first kappa shape index (κ1) is 10.6. The van der Waals surface area contributed by atoms with E-state index in [9.17, 15) is 0 Å². The molecular weight excluding hydrogens is 230 g/mol. The Morgan fingerprint density at radius 3 is 2.61 bits per heavy atom. The normalized spacial score (nSPS) is 10.7. The number of benzene rings is 2. The van der Waals surface area contributed by atoms with E-state index in [0.29, 0.717) is 22.8 Å². The molecule has 3 aromatic rings. The smallest absolute Gasteiger partial charge is 0.227 e. The van der Waals surface area contributed by atoms with Gasteiger partial charge in [-0.2, -0.15) is 0 Å². The molecule has 1 aromatic heterocycles. The van der Waals surface area contributed by atoms with Gasteiger partial charge in [-0.05, 0) is 42.5 Å². The van der Waals surface area contributed by atoms with Crippen molar-refractivity contribution < 1.29 is 9.62 Å². The predicted molar refractivity (Wildman–Crippen MR) is 69.3 cm³/mol. The van der Waals surface area contributed by atoms with Crippen molar-refractivity contribution in [1.82, 2.24) is 4.98 Å². The monoisotopic (exact) mass is 241 g/mol. The van der Waals surface area contributed by atoms with Crippen LogP contribution in [0.2, 0.25) is 0 Å². The van der Waals surface area contributed by atoms with Gasteiger partial charge in [-0.3, -0.25) is 10.7 Å². The van der Waals surface area contributed by atoms with E-state index in [1.807, 2.05) is 12.1 Å². The van der Waals surface area contributed by atoms with Crippen LogP contribution in [0.25, 0.3) is 22.6 Å². The number of hydrogen-bond acceptors (Lipinski definition) is 5. The molecule has 0 amide bonds. The molecule has 0 saturated heterocycles. The Bertz CT molecular complexity index is 689. The van der Waals surface area contributed by atoms with Crippen LogP contribution >= 0.6 is 0 Å². The van der Waals surface area contributed by atoms with Gasteiger partial charge in [0.2, 0.25) is 5.89 Å². The molecule has 5 heteroatoms. The summed E-state index contributed by atoms with van der Waals surface area (Å²) in [6, 6.07) is 12.4. The molecule has 0 bridgehead atoms. The van der Waals surface area contributed by atoms with Crippen molar-refractivity contribution in [2.24, 2.45) is 0 Å². The third-order valence-corrected chi connectivity index (χ3v) is 2.67. The topological polar surface area (TPSA) is 84.3 Å². The van der Waals surface area contributed by atoms with Gasteiger partial charge in [-0.1, -0.05) is 0 Å². The summed E-state index contributed by atoms with van der Waals surface area (Å²) in [6.45, 7) is 0. The van der Waals surface area contributed by atoms with Gasteiger partial charge in [0.25, 0.3) is 0 Å². The molecule has 0 spiro atoms. The largest absolute Gasteiger partial charge is 0.436 e. The number of nitrogen functional groups attached to an aromatic ring is 1. The number of nitrogens with zero attached hydrogens (tertiary/aromatic N) is 1. The van der Waals surface area contributed by atoms with Crippen molar-refractivity contribution in [2.75, 3.05) is 11.2 Å². The summed E-state index contributed by atoms with van der Waals surface area (Å²) in [4.78, 5) is 4.37. The van der Waals surface area contributed by atoms with Crippen molar-refractivity contribution >= 4 is 22.5 Å². The number of nitrogens with one attached hydrogen (secondary N) is 1. The summed E-state index contributed by atoms with van der Waals surface area (Å²) >= 11 is 0. The maximum atomic E-state index is 8.74. The Morgan fingerprint density at radius 2 is 1.89 bits per heavy atom. The zero-order chi connectivity index (χ0) is 12.5. The maximum absolute atomic E-state index is 8.74. The lowest BCUT2D eigenvalue weighted by molar-refractivity contribution is 0.389. The van der Waals surface area contributed by atoms with Gasteiger partial charge in [0.1, 0.15) is 5.52 Å². The molecule has 18 heavy (non-hydrogen) atoms. The molecule has 0 atom stereocenters. The molecule has 5 nitrogen and oxygen atoms in total.